The van der Waals surface area contributed by atoms with Crippen molar-refractivity contribution in [2.24, 2.45) is 0 Å². The Labute approximate surface area is 137 Å². The summed E-state index contributed by atoms with van der Waals surface area (Å²) in [6, 6.07) is 11.6. The molecule has 0 aliphatic carbocycles. The van der Waals surface area contributed by atoms with Gasteiger partial charge in [0.05, 0.1) is 0 Å². The van der Waals surface area contributed by atoms with Gasteiger partial charge < -0.3 is 10.2 Å². The second kappa shape index (κ2) is 8.27. The lowest BCUT2D eigenvalue weighted by Crippen LogP contribution is -2.26. The van der Waals surface area contributed by atoms with Crippen LogP contribution in [0.4, 0.5) is 11.6 Å². The van der Waals surface area contributed by atoms with Crippen LogP contribution in [0.3, 0.4) is 0 Å². The van der Waals surface area contributed by atoms with Crippen LogP contribution in [-0.4, -0.2) is 29.5 Å². The Morgan fingerprint density at radius 3 is 2.61 bits per heavy atom. The number of unbranched alkanes of at least 4 members (excludes halogenated alkanes) is 2. The van der Waals surface area contributed by atoms with Crippen molar-refractivity contribution >= 4 is 17.5 Å². The number of amides is 1. The monoisotopic (exact) mass is 312 g/mol. The van der Waals surface area contributed by atoms with Gasteiger partial charge in [-0.15, -0.1) is 0 Å². The molecule has 2 aromatic rings. The zero-order chi connectivity index (χ0) is 16.7. The third-order valence-corrected chi connectivity index (χ3v) is 3.58. The lowest BCUT2D eigenvalue weighted by Gasteiger charge is -2.18. The highest BCUT2D eigenvalue weighted by Gasteiger charge is 2.13. The highest BCUT2D eigenvalue weighted by molar-refractivity contribution is 5.92. The molecule has 0 spiro atoms. The van der Waals surface area contributed by atoms with Gasteiger partial charge in [0.1, 0.15) is 5.69 Å². The SMILES string of the molecule is CCCCCNC(=O)c1cc(C)nc(N(C)c2ccccc2)n1. The van der Waals surface area contributed by atoms with E-state index in [9.17, 15) is 4.79 Å². The van der Waals surface area contributed by atoms with Crippen LogP contribution in [0, 0.1) is 6.92 Å². The number of nitrogens with one attached hydrogen (secondary N) is 1. The number of aryl methyl sites for hydroxylation is 1. The summed E-state index contributed by atoms with van der Waals surface area (Å²) >= 11 is 0. The highest BCUT2D eigenvalue weighted by atomic mass is 16.1. The molecule has 1 heterocycles. The minimum Gasteiger partial charge on any atom is -0.351 e. The minimum absolute atomic E-state index is 0.144. The number of hydrogen-bond acceptors (Lipinski definition) is 4. The van der Waals surface area contributed by atoms with Gasteiger partial charge in [-0.1, -0.05) is 38.0 Å². The van der Waals surface area contributed by atoms with Gasteiger partial charge >= 0.3 is 0 Å². The van der Waals surface area contributed by atoms with E-state index >= 15 is 0 Å². The molecule has 0 aliphatic heterocycles. The Morgan fingerprint density at radius 1 is 1.17 bits per heavy atom. The van der Waals surface area contributed by atoms with Crippen molar-refractivity contribution in [1.29, 1.82) is 0 Å². The molecule has 0 saturated heterocycles. The Morgan fingerprint density at radius 2 is 1.91 bits per heavy atom. The molecular weight excluding hydrogens is 288 g/mol. The Balaban J connectivity index is 2.14. The molecule has 1 aromatic heterocycles. The van der Waals surface area contributed by atoms with Gasteiger partial charge in [-0.2, -0.15) is 0 Å². The fourth-order valence-corrected chi connectivity index (χ4v) is 2.25. The van der Waals surface area contributed by atoms with Crippen LogP contribution >= 0.6 is 0 Å². The molecule has 0 bridgehead atoms. The van der Waals surface area contributed by atoms with E-state index in [2.05, 4.69) is 22.2 Å². The zero-order valence-corrected chi connectivity index (χ0v) is 14.0. The number of rotatable bonds is 7. The number of aromatic nitrogens is 2. The molecule has 0 atom stereocenters. The highest BCUT2D eigenvalue weighted by Crippen LogP contribution is 2.20. The molecule has 1 aromatic carbocycles. The van der Waals surface area contributed by atoms with E-state index in [0.29, 0.717) is 18.2 Å². The van der Waals surface area contributed by atoms with Crippen LogP contribution in [0.25, 0.3) is 0 Å². The number of hydrogen-bond donors (Lipinski definition) is 1. The average Bonchev–Trinajstić information content (AvgIpc) is 2.58. The van der Waals surface area contributed by atoms with Crippen LogP contribution < -0.4 is 10.2 Å². The molecule has 0 unspecified atom stereocenters. The molecule has 1 amide bonds. The normalized spacial score (nSPS) is 10.4. The van der Waals surface area contributed by atoms with Gasteiger partial charge in [0.15, 0.2) is 0 Å². The Hall–Kier alpha value is -2.43. The van der Waals surface area contributed by atoms with Crippen LogP contribution in [0.5, 0.6) is 0 Å². The van der Waals surface area contributed by atoms with Gasteiger partial charge in [0.2, 0.25) is 5.95 Å². The maximum atomic E-state index is 12.3. The van der Waals surface area contributed by atoms with Crippen LogP contribution in [0.2, 0.25) is 0 Å². The van der Waals surface area contributed by atoms with Crippen molar-refractivity contribution in [3.05, 3.63) is 47.8 Å². The average molecular weight is 312 g/mol. The van der Waals surface area contributed by atoms with E-state index in [4.69, 9.17) is 0 Å². The molecule has 5 heteroatoms. The summed E-state index contributed by atoms with van der Waals surface area (Å²) in [4.78, 5) is 23.0. The number of nitrogens with zero attached hydrogens (tertiary/aromatic N) is 3. The number of benzene rings is 1. The summed E-state index contributed by atoms with van der Waals surface area (Å²) in [5, 5.41) is 2.92. The zero-order valence-electron chi connectivity index (χ0n) is 14.0. The van der Waals surface area contributed by atoms with Crippen LogP contribution in [-0.2, 0) is 0 Å². The van der Waals surface area contributed by atoms with E-state index in [1.165, 1.54) is 0 Å². The Bertz CT molecular complexity index is 643. The predicted molar refractivity (Wildman–Crippen MR) is 93.1 cm³/mol. The number of para-hydroxylation sites is 1. The van der Waals surface area contributed by atoms with Crippen molar-refractivity contribution in [3.8, 4) is 0 Å². The molecule has 0 aliphatic rings. The van der Waals surface area contributed by atoms with E-state index < -0.39 is 0 Å². The van der Waals surface area contributed by atoms with Crippen molar-refractivity contribution in [2.75, 3.05) is 18.5 Å². The van der Waals surface area contributed by atoms with E-state index in [0.717, 1.165) is 30.6 Å². The minimum atomic E-state index is -0.144. The molecule has 23 heavy (non-hydrogen) atoms. The summed E-state index contributed by atoms with van der Waals surface area (Å²) in [5.74, 6) is 0.379. The first-order valence-electron chi connectivity index (χ1n) is 8.04. The number of carbonyl (C=O) groups is 1. The summed E-state index contributed by atoms with van der Waals surface area (Å²) in [6.07, 6.45) is 3.24. The maximum Gasteiger partial charge on any atom is 0.270 e. The second-order valence-electron chi connectivity index (χ2n) is 5.55. The topological polar surface area (TPSA) is 58.1 Å². The maximum absolute atomic E-state index is 12.3. The fourth-order valence-electron chi connectivity index (χ4n) is 2.25. The van der Waals surface area contributed by atoms with Crippen LogP contribution in [0.1, 0.15) is 42.4 Å². The third-order valence-electron chi connectivity index (χ3n) is 3.58. The molecule has 122 valence electrons. The quantitative estimate of drug-likeness (QED) is 0.795. The largest absolute Gasteiger partial charge is 0.351 e. The summed E-state index contributed by atoms with van der Waals surface area (Å²) in [5.41, 5.74) is 2.16. The second-order valence-corrected chi connectivity index (χ2v) is 5.55. The smallest absolute Gasteiger partial charge is 0.270 e. The first-order valence-corrected chi connectivity index (χ1v) is 8.04. The van der Waals surface area contributed by atoms with Gasteiger partial charge in [-0.05, 0) is 31.5 Å². The molecule has 2 rings (SSSR count). The first-order chi connectivity index (χ1) is 11.1. The third kappa shape index (κ3) is 4.77. The lowest BCUT2D eigenvalue weighted by molar-refractivity contribution is 0.0948. The molecule has 0 fully saturated rings. The van der Waals surface area contributed by atoms with E-state index in [1.807, 2.05) is 49.2 Å². The summed E-state index contributed by atoms with van der Waals surface area (Å²) in [6.45, 7) is 4.69. The molecule has 0 saturated carbocycles. The van der Waals surface area contributed by atoms with Gasteiger partial charge in [0.25, 0.3) is 5.91 Å². The lowest BCUT2D eigenvalue weighted by atomic mass is 10.2. The molecule has 0 radical (unpaired) electrons. The van der Waals surface area contributed by atoms with Crippen LogP contribution in [0.15, 0.2) is 36.4 Å². The van der Waals surface area contributed by atoms with Crippen molar-refractivity contribution in [3.63, 3.8) is 0 Å². The summed E-state index contributed by atoms with van der Waals surface area (Å²) < 4.78 is 0. The van der Waals surface area contributed by atoms with Gasteiger partial charge in [-0.25, -0.2) is 9.97 Å². The van der Waals surface area contributed by atoms with Crippen molar-refractivity contribution < 1.29 is 4.79 Å². The molecular formula is C18H24N4O. The Kier molecular flexibility index (Phi) is 6.09. The van der Waals surface area contributed by atoms with Gasteiger partial charge in [-0.3, -0.25) is 4.79 Å². The number of anilines is 2. The van der Waals surface area contributed by atoms with E-state index in [-0.39, 0.29) is 5.91 Å². The van der Waals surface area contributed by atoms with Gasteiger partial charge in [0, 0.05) is 25.0 Å². The van der Waals surface area contributed by atoms with Crippen molar-refractivity contribution in [1.82, 2.24) is 15.3 Å². The van der Waals surface area contributed by atoms with E-state index in [1.54, 1.807) is 6.07 Å². The standard InChI is InChI=1S/C18H24N4O/c1-4-5-9-12-19-17(23)16-13-14(2)20-18(21-16)22(3)15-10-7-6-8-11-15/h6-8,10-11,13H,4-5,9,12H2,1-3H3,(H,19,23). The molecule has 1 N–H and O–H groups in total. The first kappa shape index (κ1) is 16.9. The molecule has 5 nitrogen and oxygen atoms in total. The van der Waals surface area contributed by atoms with Crippen molar-refractivity contribution in [2.45, 2.75) is 33.1 Å². The number of carbonyl (C=O) groups excluding carboxylic acids is 1. The predicted octanol–water partition coefficient (Wildman–Crippen LogP) is 3.47. The summed E-state index contributed by atoms with van der Waals surface area (Å²) in [7, 11) is 1.90. The fraction of sp³-hybridized carbons (Fsp3) is 0.389.